The molecule has 0 fully saturated rings. The van der Waals surface area contributed by atoms with E-state index in [2.05, 4.69) is 128 Å². The van der Waals surface area contributed by atoms with Crippen LogP contribution in [-0.4, -0.2) is 31.3 Å². The van der Waals surface area contributed by atoms with Crippen LogP contribution in [0.25, 0.3) is 0 Å². The molecule has 2 aliphatic rings. The van der Waals surface area contributed by atoms with E-state index in [0.29, 0.717) is 28.9 Å². The summed E-state index contributed by atoms with van der Waals surface area (Å²) in [6, 6.07) is 52.4. The molecule has 332 valence electrons. The molecule has 0 saturated carbocycles. The lowest BCUT2D eigenvalue weighted by molar-refractivity contribution is 0.425. The van der Waals surface area contributed by atoms with E-state index in [1.807, 2.05) is 73.3 Å². The zero-order chi connectivity index (χ0) is 46.3. The van der Waals surface area contributed by atoms with Gasteiger partial charge < -0.3 is 20.7 Å². The van der Waals surface area contributed by atoms with Crippen LogP contribution in [0, 0.1) is 6.92 Å². The number of benzene rings is 7. The van der Waals surface area contributed by atoms with E-state index in [4.69, 9.17) is 10.0 Å². The number of rotatable bonds is 9. The van der Waals surface area contributed by atoms with Crippen LogP contribution in [0.15, 0.2) is 187 Å². The van der Waals surface area contributed by atoms with Crippen LogP contribution in [0.2, 0.25) is 0 Å². The van der Waals surface area contributed by atoms with Gasteiger partial charge in [-0.3, -0.25) is 0 Å². The average Bonchev–Trinajstić information content (AvgIpc) is 3.32. The molecule has 1 unspecified atom stereocenters. The summed E-state index contributed by atoms with van der Waals surface area (Å²) in [4.78, 5) is 7.40. The minimum atomic E-state index is -3.69. The van der Waals surface area contributed by atoms with Gasteiger partial charge in [0.05, 0.1) is 33.4 Å². The zero-order valence-electron chi connectivity index (χ0n) is 37.7. The van der Waals surface area contributed by atoms with E-state index < -0.39 is 17.1 Å². The van der Waals surface area contributed by atoms with Crippen LogP contribution < -0.4 is 20.9 Å². The fraction of sp³-hybridized carbons (Fsp3) is 0.189. The summed E-state index contributed by atoms with van der Waals surface area (Å²) < 4.78 is 24.8. The molecule has 0 saturated heterocycles. The van der Waals surface area contributed by atoms with Crippen molar-refractivity contribution in [1.29, 1.82) is 0 Å². The largest absolute Gasteiger partial charge is 0.488 e. The number of sulfonamides is 1. The third-order valence-electron chi connectivity index (χ3n) is 11.3. The molecule has 2 aliphatic heterocycles. The molecule has 0 amide bonds. The van der Waals surface area contributed by atoms with Crippen LogP contribution in [0.4, 0.5) is 22.7 Å². The third-order valence-corrected chi connectivity index (χ3v) is 14.8. The van der Waals surface area contributed by atoms with Crippen molar-refractivity contribution >= 4 is 74.6 Å². The lowest BCUT2D eigenvalue weighted by atomic mass is 9.79. The van der Waals surface area contributed by atoms with E-state index in [0.717, 1.165) is 33.0 Å². The molecule has 5 N–H and O–H groups in total. The number of aryl methyl sites for hydroxylation is 1. The first-order chi connectivity index (χ1) is 31.1. The van der Waals surface area contributed by atoms with Gasteiger partial charge in [-0.2, -0.15) is 18.4 Å². The maximum atomic E-state index is 12.4. The molecular formula is C53H55BN4O4S3. The lowest BCUT2D eigenvalue weighted by Gasteiger charge is -2.23. The summed E-state index contributed by atoms with van der Waals surface area (Å²) in [5.74, 6) is 1.36. The molecule has 0 aromatic heterocycles. The summed E-state index contributed by atoms with van der Waals surface area (Å²) in [6.45, 7) is 14.6. The van der Waals surface area contributed by atoms with Crippen molar-refractivity contribution in [2.45, 2.75) is 90.7 Å². The van der Waals surface area contributed by atoms with Crippen molar-refractivity contribution in [3.05, 3.63) is 191 Å². The second-order valence-corrected chi connectivity index (χ2v) is 20.6. The van der Waals surface area contributed by atoms with Gasteiger partial charge in [-0.15, -0.1) is 0 Å². The predicted octanol–water partition coefficient (Wildman–Crippen LogP) is 12.6. The molecule has 2 heterocycles. The van der Waals surface area contributed by atoms with Gasteiger partial charge in [0, 0.05) is 25.5 Å². The van der Waals surface area contributed by atoms with E-state index >= 15 is 0 Å². The molecule has 0 spiro atoms. The Balaban J connectivity index is 0.000000157. The minimum Gasteiger partial charge on any atom is -0.423 e. The van der Waals surface area contributed by atoms with Crippen molar-refractivity contribution in [2.24, 2.45) is 5.10 Å². The Labute approximate surface area is 393 Å². The van der Waals surface area contributed by atoms with Crippen molar-refractivity contribution in [1.82, 2.24) is 4.83 Å². The van der Waals surface area contributed by atoms with Gasteiger partial charge >= 0.3 is 7.12 Å². The van der Waals surface area contributed by atoms with Gasteiger partial charge in [0.2, 0.25) is 0 Å². The normalized spacial score (nSPS) is 12.9. The molecule has 0 bridgehead atoms. The highest BCUT2D eigenvalue weighted by Crippen LogP contribution is 2.46. The molecule has 0 radical (unpaired) electrons. The molecule has 0 aliphatic carbocycles. The van der Waals surface area contributed by atoms with Gasteiger partial charge in [-0.1, -0.05) is 161 Å². The molecule has 65 heavy (non-hydrogen) atoms. The number of hydrogen-bond acceptors (Lipinski definition) is 9. The highest BCUT2D eigenvalue weighted by Gasteiger charge is 2.20. The van der Waals surface area contributed by atoms with Gasteiger partial charge in [0.1, 0.15) is 0 Å². The Morgan fingerprint density at radius 3 is 1.68 bits per heavy atom. The molecular weight excluding hydrogens is 864 g/mol. The lowest BCUT2D eigenvalue weighted by Crippen LogP contribution is -2.29. The van der Waals surface area contributed by atoms with Crippen LogP contribution in [0.3, 0.4) is 0 Å². The number of para-hydroxylation sites is 2. The second kappa shape index (κ2) is 21.0. The molecule has 1 atom stereocenters. The quantitative estimate of drug-likeness (QED) is 0.0551. The topological polar surface area (TPSA) is 123 Å². The van der Waals surface area contributed by atoms with Crippen LogP contribution in [0.5, 0.6) is 0 Å². The molecule has 7 aromatic rings. The molecule has 7 aromatic carbocycles. The van der Waals surface area contributed by atoms with E-state index in [1.165, 1.54) is 42.8 Å². The first-order valence-electron chi connectivity index (χ1n) is 21.7. The van der Waals surface area contributed by atoms with Crippen LogP contribution in [-0.2, 0) is 10.0 Å². The maximum Gasteiger partial charge on any atom is 0.488 e. The SMILES string of the molecule is C/C(=N\NS(=O)(=O)c1ccc(C)cc1)c1ccc2c(c1)Nc1ccccc1S2.CC(C)c1cccc(B(O)O)c1.CC(C)c1cccc(C(C)c2ccc3c(c2)Nc2ccccc2S3)c1. The Kier molecular flexibility index (Phi) is 15.3. The third kappa shape index (κ3) is 11.9. The van der Waals surface area contributed by atoms with Crippen molar-refractivity contribution in [3.63, 3.8) is 0 Å². The summed E-state index contributed by atoms with van der Waals surface area (Å²) in [6.07, 6.45) is 0. The number of anilines is 4. The van der Waals surface area contributed by atoms with Crippen molar-refractivity contribution in [2.75, 3.05) is 10.6 Å². The highest BCUT2D eigenvalue weighted by molar-refractivity contribution is 8.00. The summed E-state index contributed by atoms with van der Waals surface area (Å²) >= 11 is 3.55. The first kappa shape index (κ1) is 47.2. The van der Waals surface area contributed by atoms with E-state index in [9.17, 15) is 8.42 Å². The minimum absolute atomic E-state index is 0.190. The zero-order valence-corrected chi connectivity index (χ0v) is 40.2. The van der Waals surface area contributed by atoms with E-state index in [1.54, 1.807) is 49.0 Å². The van der Waals surface area contributed by atoms with Gasteiger partial charge in [0.25, 0.3) is 10.0 Å². The summed E-state index contributed by atoms with van der Waals surface area (Å²) in [7, 11) is -5.05. The Hall–Kier alpha value is -5.76. The predicted molar refractivity (Wildman–Crippen MR) is 273 cm³/mol. The first-order valence-corrected chi connectivity index (χ1v) is 24.8. The number of hydrogen-bond donors (Lipinski definition) is 5. The van der Waals surface area contributed by atoms with Crippen molar-refractivity contribution in [3.8, 4) is 0 Å². The van der Waals surface area contributed by atoms with Gasteiger partial charge in [-0.05, 0) is 120 Å². The highest BCUT2D eigenvalue weighted by atomic mass is 32.2. The Morgan fingerprint density at radius 2 is 1.08 bits per heavy atom. The Bertz CT molecular complexity index is 2900. The average molecular weight is 919 g/mol. The molecule has 12 heteroatoms. The fourth-order valence-corrected chi connectivity index (χ4v) is 10.0. The number of nitrogens with zero attached hydrogens (tertiary/aromatic N) is 1. The van der Waals surface area contributed by atoms with Crippen molar-refractivity contribution < 1.29 is 18.5 Å². The fourth-order valence-electron chi connectivity index (χ4n) is 7.21. The summed E-state index contributed by atoms with van der Waals surface area (Å²) in [5.41, 5.74) is 12.7. The van der Waals surface area contributed by atoms with Crippen LogP contribution in [0.1, 0.15) is 92.7 Å². The second-order valence-electron chi connectivity index (χ2n) is 16.8. The molecule has 9 rings (SSSR count). The number of hydrazone groups is 1. The number of fused-ring (bicyclic) bond motifs is 4. The smallest absolute Gasteiger partial charge is 0.423 e. The van der Waals surface area contributed by atoms with Gasteiger partial charge in [-0.25, -0.2) is 0 Å². The van der Waals surface area contributed by atoms with E-state index in [-0.39, 0.29) is 4.90 Å². The summed E-state index contributed by atoms with van der Waals surface area (Å²) in [5, 5.41) is 28.9. The molecule has 8 nitrogen and oxygen atoms in total. The number of nitrogens with one attached hydrogen (secondary N) is 3. The van der Waals surface area contributed by atoms with Gasteiger partial charge in [0.15, 0.2) is 0 Å². The maximum absolute atomic E-state index is 12.4. The Morgan fingerprint density at radius 1 is 0.569 bits per heavy atom. The monoisotopic (exact) mass is 918 g/mol. The standard InChI is InChI=1S/C23H23NS.C21H19N3O2S2.C9H13BO2/c1-15(2)17-7-6-8-18(13-17)16(3)19-11-12-23-21(14-19)24-20-9-4-5-10-22(20)25-23;1-14-7-10-17(11-8-14)28(25,26)24-23-15(2)16-9-12-21-19(13-16)22-18-5-3-4-6-20(18)27-21;1-7(2)8-4-3-5-9(6-8)10(11)12/h4-16,24H,1-3H3;3-13,22,24H,1-2H3;3-7,11-12H,1-2H3/b;23-15+;. The van der Waals surface area contributed by atoms with Crippen LogP contribution >= 0.6 is 23.5 Å².